The molecule has 0 saturated carbocycles. The summed E-state index contributed by atoms with van der Waals surface area (Å²) in [5, 5.41) is 15.3. The van der Waals surface area contributed by atoms with Crippen molar-refractivity contribution in [2.24, 2.45) is 0 Å². The molecule has 1 fully saturated rings. The summed E-state index contributed by atoms with van der Waals surface area (Å²) in [5.74, 6) is 2.24. The van der Waals surface area contributed by atoms with Gasteiger partial charge in [-0.1, -0.05) is 18.2 Å². The van der Waals surface area contributed by atoms with Crippen molar-refractivity contribution in [2.45, 2.75) is 31.2 Å². The minimum absolute atomic E-state index is 0.149. The summed E-state index contributed by atoms with van der Waals surface area (Å²) in [4.78, 5) is 2.35. The zero-order valence-corrected chi connectivity index (χ0v) is 22.8. The van der Waals surface area contributed by atoms with Crippen LogP contribution in [0.1, 0.15) is 23.5 Å². The Balaban J connectivity index is 1.12. The van der Waals surface area contributed by atoms with E-state index in [1.54, 1.807) is 13.4 Å². The fourth-order valence-electron chi connectivity index (χ4n) is 5.62. The number of furan rings is 1. The van der Waals surface area contributed by atoms with Crippen LogP contribution in [0, 0.1) is 0 Å². The van der Waals surface area contributed by atoms with Gasteiger partial charge in [-0.25, -0.2) is 0 Å². The third-order valence-electron chi connectivity index (χ3n) is 7.66. The van der Waals surface area contributed by atoms with Gasteiger partial charge in [0.15, 0.2) is 0 Å². The second kappa shape index (κ2) is 12.3. The zero-order valence-electron chi connectivity index (χ0n) is 22.8. The molecule has 4 aromatic rings. The lowest BCUT2D eigenvalue weighted by Gasteiger charge is -2.36. The largest absolute Gasteiger partial charge is 0.490 e. The SMILES string of the molecule is COCCCN1CCOc2ccc(COC3CNCC(O)C3c3ccc(Oc4ccc5occc5c4)cc3)cc21. The number of aliphatic hydroxyl groups excluding tert-OH is 1. The van der Waals surface area contributed by atoms with Gasteiger partial charge in [0.05, 0.1) is 37.3 Å². The number of ether oxygens (including phenoxy) is 4. The summed E-state index contributed by atoms with van der Waals surface area (Å²) in [7, 11) is 1.73. The third-order valence-corrected chi connectivity index (χ3v) is 7.66. The van der Waals surface area contributed by atoms with Crippen molar-refractivity contribution in [3.05, 3.63) is 84.1 Å². The fourth-order valence-corrected chi connectivity index (χ4v) is 5.62. The number of benzene rings is 3. The van der Waals surface area contributed by atoms with Crippen molar-refractivity contribution >= 4 is 16.7 Å². The molecule has 6 rings (SSSR count). The Bertz CT molecular complexity index is 1400. The van der Waals surface area contributed by atoms with E-state index in [4.69, 9.17) is 23.4 Å². The number of rotatable bonds is 10. The van der Waals surface area contributed by atoms with E-state index >= 15 is 0 Å². The van der Waals surface area contributed by atoms with Gasteiger partial charge >= 0.3 is 0 Å². The molecule has 8 heteroatoms. The maximum absolute atomic E-state index is 11.0. The van der Waals surface area contributed by atoms with Gasteiger partial charge in [0.25, 0.3) is 0 Å². The van der Waals surface area contributed by atoms with E-state index in [-0.39, 0.29) is 12.0 Å². The van der Waals surface area contributed by atoms with Crippen LogP contribution in [-0.4, -0.2) is 63.8 Å². The molecular weight excluding hydrogens is 508 g/mol. The monoisotopic (exact) mass is 544 g/mol. The van der Waals surface area contributed by atoms with Crippen LogP contribution in [0.3, 0.4) is 0 Å². The quantitative estimate of drug-likeness (QED) is 0.267. The van der Waals surface area contributed by atoms with Crippen molar-refractivity contribution in [3.63, 3.8) is 0 Å². The molecule has 3 aromatic carbocycles. The van der Waals surface area contributed by atoms with E-state index in [9.17, 15) is 5.11 Å². The average Bonchev–Trinajstić information content (AvgIpc) is 3.45. The highest BCUT2D eigenvalue weighted by Crippen LogP contribution is 2.35. The maximum Gasteiger partial charge on any atom is 0.142 e. The molecular formula is C32H36N2O6. The summed E-state index contributed by atoms with van der Waals surface area (Å²) < 4.78 is 29.1. The standard InChI is InChI=1S/C32H36N2O6/c1-36-14-2-12-34-13-16-38-30-9-3-22(17-27(30)34)21-39-31-20-33-19-28(35)32(31)23-4-6-25(7-5-23)40-26-8-10-29-24(18-26)11-15-37-29/h3-11,15,17-18,28,31-33,35H,2,12-14,16,19-21H2,1H3. The molecule has 8 nitrogen and oxygen atoms in total. The van der Waals surface area contributed by atoms with E-state index < -0.39 is 6.10 Å². The molecule has 210 valence electrons. The van der Waals surface area contributed by atoms with Crippen LogP contribution in [-0.2, 0) is 16.1 Å². The third kappa shape index (κ3) is 5.95. The predicted octanol–water partition coefficient (Wildman–Crippen LogP) is 5.09. The number of anilines is 1. The second-order valence-electron chi connectivity index (χ2n) is 10.4. The Labute approximate surface area is 234 Å². The number of β-amino-alcohol motifs (C(OH)–C–C–N with tert-alkyl or cyclic N) is 1. The molecule has 2 N–H and O–H groups in total. The molecule has 3 atom stereocenters. The number of aliphatic hydroxyl groups is 1. The number of fused-ring (bicyclic) bond motifs is 2. The van der Waals surface area contributed by atoms with Gasteiger partial charge in [-0.05, 0) is 66.1 Å². The van der Waals surface area contributed by atoms with Crippen LogP contribution in [0.2, 0.25) is 0 Å². The highest BCUT2D eigenvalue weighted by molar-refractivity contribution is 5.78. The minimum atomic E-state index is -0.553. The van der Waals surface area contributed by atoms with Crippen molar-refractivity contribution < 1.29 is 28.5 Å². The molecule has 0 spiro atoms. The van der Waals surface area contributed by atoms with Crippen LogP contribution in [0.15, 0.2) is 77.4 Å². The van der Waals surface area contributed by atoms with Crippen LogP contribution in [0.5, 0.6) is 17.2 Å². The molecule has 1 aromatic heterocycles. The normalized spacial score (nSPS) is 20.8. The van der Waals surface area contributed by atoms with E-state index in [2.05, 4.69) is 22.3 Å². The second-order valence-corrected chi connectivity index (χ2v) is 10.4. The van der Waals surface area contributed by atoms with Gasteiger partial charge in [0.2, 0.25) is 0 Å². The van der Waals surface area contributed by atoms with Crippen LogP contribution in [0.4, 0.5) is 5.69 Å². The fraction of sp³-hybridized carbons (Fsp3) is 0.375. The molecule has 2 aliphatic heterocycles. The Morgan fingerprint density at radius 2 is 1.88 bits per heavy atom. The van der Waals surface area contributed by atoms with Gasteiger partial charge in [0, 0.05) is 44.7 Å². The number of nitrogens with one attached hydrogen (secondary N) is 1. The smallest absolute Gasteiger partial charge is 0.142 e. The predicted molar refractivity (Wildman–Crippen MR) is 154 cm³/mol. The number of nitrogens with zero attached hydrogens (tertiary/aromatic N) is 1. The summed E-state index contributed by atoms with van der Waals surface area (Å²) in [5.41, 5.74) is 4.04. The van der Waals surface area contributed by atoms with Gasteiger partial charge in [0.1, 0.15) is 29.4 Å². The molecule has 3 unspecified atom stereocenters. The number of piperidine rings is 1. The number of hydrogen-bond acceptors (Lipinski definition) is 8. The van der Waals surface area contributed by atoms with Crippen molar-refractivity contribution in [1.29, 1.82) is 0 Å². The Morgan fingerprint density at radius 1 is 1.00 bits per heavy atom. The number of hydrogen-bond donors (Lipinski definition) is 2. The van der Waals surface area contributed by atoms with Crippen LogP contribution in [0.25, 0.3) is 11.0 Å². The van der Waals surface area contributed by atoms with E-state index in [1.807, 2.05) is 54.6 Å². The first-order valence-corrected chi connectivity index (χ1v) is 13.9. The summed E-state index contributed by atoms with van der Waals surface area (Å²) >= 11 is 0. The van der Waals surface area contributed by atoms with E-state index in [0.29, 0.717) is 26.3 Å². The molecule has 0 aliphatic carbocycles. The van der Waals surface area contributed by atoms with Crippen molar-refractivity contribution in [3.8, 4) is 17.2 Å². The van der Waals surface area contributed by atoms with Gasteiger partial charge in [-0.15, -0.1) is 0 Å². The first kappa shape index (κ1) is 26.7. The highest BCUT2D eigenvalue weighted by Gasteiger charge is 2.34. The first-order valence-electron chi connectivity index (χ1n) is 13.9. The summed E-state index contributed by atoms with van der Waals surface area (Å²) in [6.07, 6.45) is 1.91. The first-order chi connectivity index (χ1) is 19.7. The summed E-state index contributed by atoms with van der Waals surface area (Å²) in [6, 6.07) is 21.9. The lowest BCUT2D eigenvalue weighted by Crippen LogP contribution is -2.49. The molecule has 3 heterocycles. The van der Waals surface area contributed by atoms with Gasteiger partial charge in [-0.3, -0.25) is 0 Å². The zero-order chi connectivity index (χ0) is 27.3. The van der Waals surface area contributed by atoms with Crippen LogP contribution < -0.4 is 19.7 Å². The molecule has 0 radical (unpaired) electrons. The average molecular weight is 545 g/mol. The van der Waals surface area contributed by atoms with Crippen molar-refractivity contribution in [2.75, 3.05) is 51.4 Å². The maximum atomic E-state index is 11.0. The molecule has 1 saturated heterocycles. The van der Waals surface area contributed by atoms with E-state index in [1.165, 1.54) is 0 Å². The summed E-state index contributed by atoms with van der Waals surface area (Å²) in [6.45, 7) is 4.86. The van der Waals surface area contributed by atoms with Gasteiger partial charge < -0.3 is 38.7 Å². The Morgan fingerprint density at radius 3 is 2.75 bits per heavy atom. The van der Waals surface area contributed by atoms with Gasteiger partial charge in [-0.2, -0.15) is 0 Å². The molecule has 0 bridgehead atoms. The number of methoxy groups -OCH3 is 1. The lowest BCUT2D eigenvalue weighted by molar-refractivity contribution is -0.0328. The van der Waals surface area contributed by atoms with E-state index in [0.717, 1.165) is 71.1 Å². The lowest BCUT2D eigenvalue weighted by atomic mass is 9.85. The highest BCUT2D eigenvalue weighted by atomic mass is 16.5. The minimum Gasteiger partial charge on any atom is -0.490 e. The van der Waals surface area contributed by atoms with Crippen LogP contribution >= 0.6 is 0 Å². The molecule has 40 heavy (non-hydrogen) atoms. The topological polar surface area (TPSA) is 85.6 Å². The Kier molecular flexibility index (Phi) is 8.20. The van der Waals surface area contributed by atoms with Crippen molar-refractivity contribution in [1.82, 2.24) is 5.32 Å². The molecule has 2 aliphatic rings. The Hall–Kier alpha value is -3.56. The molecule has 0 amide bonds.